The Labute approximate surface area is 164 Å². The Kier molecular flexibility index (Phi) is 6.26. The largest absolute Gasteiger partial charge is 0.491 e. The molecule has 5 heteroatoms. The van der Waals surface area contributed by atoms with Crippen LogP contribution in [0.3, 0.4) is 0 Å². The fraction of sp³-hybridized carbons (Fsp3) is 0.304. The van der Waals surface area contributed by atoms with Gasteiger partial charge in [0.15, 0.2) is 5.78 Å². The number of benzene rings is 1. The third-order valence-corrected chi connectivity index (χ3v) is 4.72. The molecule has 0 radical (unpaired) electrons. The highest BCUT2D eigenvalue weighted by molar-refractivity contribution is 6.17. The molecule has 1 aliphatic carbocycles. The molecule has 146 valence electrons. The third kappa shape index (κ3) is 4.87. The van der Waals surface area contributed by atoms with E-state index >= 15 is 0 Å². The lowest BCUT2D eigenvalue weighted by Gasteiger charge is -2.29. The number of Topliss-reactive ketones (excluding diaryl/α,β-unsaturated/α-hetero) is 1. The Morgan fingerprint density at radius 3 is 2.75 bits per heavy atom. The molecule has 0 spiro atoms. The van der Waals surface area contributed by atoms with Gasteiger partial charge in [-0.25, -0.2) is 4.79 Å². The number of aliphatic hydroxyl groups excluding tert-OH is 1. The van der Waals surface area contributed by atoms with E-state index < -0.39 is 12.2 Å². The van der Waals surface area contributed by atoms with Gasteiger partial charge >= 0.3 is 5.97 Å². The average Bonchev–Trinajstić information content (AvgIpc) is 2.70. The number of carbonyl (C=O) groups is 2. The Morgan fingerprint density at radius 1 is 1.29 bits per heavy atom. The molecule has 1 N–H and O–H groups in total. The molecule has 0 aromatic heterocycles. The highest BCUT2D eigenvalue weighted by Crippen LogP contribution is 2.31. The van der Waals surface area contributed by atoms with E-state index in [1.165, 1.54) is 0 Å². The van der Waals surface area contributed by atoms with Crippen LogP contribution in [0.2, 0.25) is 0 Å². The van der Waals surface area contributed by atoms with Crippen LogP contribution in [0.15, 0.2) is 72.5 Å². The van der Waals surface area contributed by atoms with Gasteiger partial charge in [0.2, 0.25) is 0 Å². The molecule has 0 bridgehead atoms. The van der Waals surface area contributed by atoms with Crippen molar-refractivity contribution < 1.29 is 24.2 Å². The predicted octanol–water partition coefficient (Wildman–Crippen LogP) is 3.37. The molecule has 2 aliphatic rings. The number of aliphatic hydroxyl groups is 1. The van der Waals surface area contributed by atoms with Crippen LogP contribution in [0.25, 0.3) is 5.57 Å². The number of hydrogen-bond acceptors (Lipinski definition) is 5. The molecule has 1 aromatic carbocycles. The highest BCUT2D eigenvalue weighted by atomic mass is 16.5. The minimum atomic E-state index is -0.756. The highest BCUT2D eigenvalue weighted by Gasteiger charge is 2.31. The van der Waals surface area contributed by atoms with Crippen LogP contribution in [0, 0.1) is 5.92 Å². The number of allylic oxidation sites excluding steroid dienone is 2. The van der Waals surface area contributed by atoms with Crippen molar-refractivity contribution in [2.24, 2.45) is 5.92 Å². The van der Waals surface area contributed by atoms with Crippen LogP contribution < -0.4 is 0 Å². The zero-order valence-corrected chi connectivity index (χ0v) is 15.8. The fourth-order valence-electron chi connectivity index (χ4n) is 3.07. The second-order valence-corrected chi connectivity index (χ2v) is 7.03. The number of rotatable bonds is 8. The molecule has 1 aliphatic heterocycles. The maximum absolute atomic E-state index is 12.4. The van der Waals surface area contributed by atoms with Crippen LogP contribution >= 0.6 is 0 Å². The zero-order valence-electron chi connectivity index (χ0n) is 15.8. The smallest absolute Gasteiger partial charge is 0.339 e. The number of ether oxygens (including phenoxy) is 2. The van der Waals surface area contributed by atoms with Crippen LogP contribution in [0.4, 0.5) is 0 Å². The maximum Gasteiger partial charge on any atom is 0.339 e. The van der Waals surface area contributed by atoms with Crippen molar-refractivity contribution in [3.05, 3.63) is 78.1 Å². The lowest BCUT2D eigenvalue weighted by atomic mass is 9.90. The van der Waals surface area contributed by atoms with Gasteiger partial charge in [-0.2, -0.15) is 0 Å². The lowest BCUT2D eigenvalue weighted by molar-refractivity contribution is -0.141. The molecule has 5 nitrogen and oxygen atoms in total. The predicted molar refractivity (Wildman–Crippen MR) is 106 cm³/mol. The first-order valence-electron chi connectivity index (χ1n) is 9.32. The first kappa shape index (κ1) is 19.8. The Bertz CT molecular complexity index is 847. The van der Waals surface area contributed by atoms with E-state index in [1.807, 2.05) is 48.6 Å². The summed E-state index contributed by atoms with van der Waals surface area (Å²) in [5, 5.41) is 9.99. The van der Waals surface area contributed by atoms with Crippen LogP contribution in [0.5, 0.6) is 0 Å². The molecule has 3 unspecified atom stereocenters. The summed E-state index contributed by atoms with van der Waals surface area (Å²) in [4.78, 5) is 23.9. The van der Waals surface area contributed by atoms with Gasteiger partial charge in [-0.1, -0.05) is 49.1 Å². The number of fused-ring (bicyclic) bond motifs is 1. The van der Waals surface area contributed by atoms with Crippen molar-refractivity contribution in [3.8, 4) is 0 Å². The van der Waals surface area contributed by atoms with E-state index in [0.29, 0.717) is 23.3 Å². The van der Waals surface area contributed by atoms with Crippen molar-refractivity contribution in [1.82, 2.24) is 0 Å². The molecule has 0 fully saturated rings. The van der Waals surface area contributed by atoms with Gasteiger partial charge in [-0.15, -0.1) is 0 Å². The molecular weight excluding hydrogens is 356 g/mol. The van der Waals surface area contributed by atoms with E-state index in [1.54, 1.807) is 13.0 Å². The van der Waals surface area contributed by atoms with Crippen molar-refractivity contribution in [2.45, 2.75) is 32.0 Å². The number of carbonyl (C=O) groups excluding carboxylic acids is 2. The van der Waals surface area contributed by atoms with Gasteiger partial charge < -0.3 is 14.6 Å². The van der Waals surface area contributed by atoms with Crippen molar-refractivity contribution in [2.75, 3.05) is 6.61 Å². The van der Waals surface area contributed by atoms with Gasteiger partial charge in [0, 0.05) is 12.3 Å². The van der Waals surface area contributed by atoms with E-state index in [0.717, 1.165) is 5.56 Å². The van der Waals surface area contributed by atoms with Crippen molar-refractivity contribution in [1.29, 1.82) is 0 Å². The standard InChI is InChI=1S/C23H24O5/c1-15(2)21(25)11-9-18(24)14-27-19-10-8-17-12-20(16-6-4-3-5-7-16)23(26)28-22(17)13-19/h3-8,10,12-13,17-18,22,24H,1,9,11,14H2,2H3. The topological polar surface area (TPSA) is 72.8 Å². The summed E-state index contributed by atoms with van der Waals surface area (Å²) in [5.74, 6) is 0.0553. The third-order valence-electron chi connectivity index (χ3n) is 4.72. The zero-order chi connectivity index (χ0) is 20.1. The van der Waals surface area contributed by atoms with Crippen LogP contribution in [-0.2, 0) is 19.1 Å². The Morgan fingerprint density at radius 2 is 2.04 bits per heavy atom. The molecular formula is C23H24O5. The van der Waals surface area contributed by atoms with Gasteiger partial charge in [-0.05, 0) is 36.6 Å². The first-order valence-corrected chi connectivity index (χ1v) is 9.32. The second kappa shape index (κ2) is 8.85. The summed E-state index contributed by atoms with van der Waals surface area (Å²) in [7, 11) is 0. The Balaban J connectivity index is 1.57. The minimum absolute atomic E-state index is 0.0571. The van der Waals surface area contributed by atoms with E-state index in [2.05, 4.69) is 6.58 Å². The van der Waals surface area contributed by atoms with Crippen molar-refractivity contribution >= 4 is 17.3 Å². The molecule has 3 rings (SSSR count). The second-order valence-electron chi connectivity index (χ2n) is 7.03. The summed E-state index contributed by atoms with van der Waals surface area (Å²) in [5.41, 5.74) is 1.87. The van der Waals surface area contributed by atoms with Crippen molar-refractivity contribution in [3.63, 3.8) is 0 Å². The van der Waals surface area contributed by atoms with E-state index in [9.17, 15) is 14.7 Å². The number of hydrogen-bond donors (Lipinski definition) is 1. The molecule has 28 heavy (non-hydrogen) atoms. The first-order chi connectivity index (χ1) is 13.4. The number of esters is 1. The molecule has 0 saturated heterocycles. The molecule has 3 atom stereocenters. The van der Waals surface area contributed by atoms with Crippen LogP contribution in [-0.4, -0.2) is 35.7 Å². The van der Waals surface area contributed by atoms with E-state index in [-0.39, 0.29) is 30.7 Å². The normalized spacial score (nSPS) is 21.7. The van der Waals surface area contributed by atoms with Crippen LogP contribution in [0.1, 0.15) is 25.3 Å². The SMILES string of the molecule is C=C(C)C(=O)CCC(O)COC1=CC2OC(=O)C(c3ccccc3)=CC2C=C1. The summed E-state index contributed by atoms with van der Waals surface area (Å²) >= 11 is 0. The summed E-state index contributed by atoms with van der Waals surface area (Å²) in [6, 6.07) is 9.42. The average molecular weight is 380 g/mol. The maximum atomic E-state index is 12.4. The molecule has 0 saturated carbocycles. The molecule has 1 aromatic rings. The van der Waals surface area contributed by atoms with Gasteiger partial charge in [0.25, 0.3) is 0 Å². The van der Waals surface area contributed by atoms with Gasteiger partial charge in [0.05, 0.1) is 11.7 Å². The summed E-state index contributed by atoms with van der Waals surface area (Å²) < 4.78 is 11.2. The fourth-order valence-corrected chi connectivity index (χ4v) is 3.07. The molecule has 0 amide bonds. The molecule has 1 heterocycles. The summed E-state index contributed by atoms with van der Waals surface area (Å²) in [6.07, 6.45) is 6.76. The quantitative estimate of drug-likeness (QED) is 0.553. The van der Waals surface area contributed by atoms with E-state index in [4.69, 9.17) is 9.47 Å². The minimum Gasteiger partial charge on any atom is -0.491 e. The summed E-state index contributed by atoms with van der Waals surface area (Å²) in [6.45, 7) is 5.32. The van der Waals surface area contributed by atoms with Gasteiger partial charge in [-0.3, -0.25) is 4.79 Å². The monoisotopic (exact) mass is 380 g/mol. The number of ketones is 1. The van der Waals surface area contributed by atoms with Gasteiger partial charge in [0.1, 0.15) is 18.5 Å². The Hall–Kier alpha value is -2.92. The lowest BCUT2D eigenvalue weighted by Crippen LogP contribution is -2.30.